The van der Waals surface area contributed by atoms with Crippen molar-refractivity contribution in [3.63, 3.8) is 0 Å². The summed E-state index contributed by atoms with van der Waals surface area (Å²) >= 11 is 0. The van der Waals surface area contributed by atoms with E-state index < -0.39 is 18.9 Å². The highest BCUT2D eigenvalue weighted by Gasteiger charge is 2.50. The Hall–Kier alpha value is -0.670. The first-order chi connectivity index (χ1) is 10.5. The number of hydrogen-bond donors (Lipinski definition) is 1. The van der Waals surface area contributed by atoms with Crippen LogP contribution < -0.4 is 0 Å². The number of hydrogen-bond acceptors (Lipinski definition) is 4. The lowest BCUT2D eigenvalue weighted by Crippen LogP contribution is -2.47. The smallest absolute Gasteiger partial charge is 0.336 e. The van der Waals surface area contributed by atoms with Crippen LogP contribution in [0.4, 0.5) is 0 Å². The zero-order valence-electron chi connectivity index (χ0n) is 13.5. The van der Waals surface area contributed by atoms with Crippen LogP contribution in [0, 0.1) is 0 Å². The average Bonchev–Trinajstić information content (AvgIpc) is 2.48. The zero-order valence-corrected chi connectivity index (χ0v) is 14.4. The van der Waals surface area contributed by atoms with Gasteiger partial charge in [-0.3, -0.25) is 4.57 Å². The van der Waals surface area contributed by atoms with Crippen LogP contribution >= 0.6 is 7.60 Å². The summed E-state index contributed by atoms with van der Waals surface area (Å²) in [5.74, 6) is 0. The van der Waals surface area contributed by atoms with Gasteiger partial charge in [0.15, 0.2) is 0 Å². The van der Waals surface area contributed by atoms with Crippen molar-refractivity contribution >= 4 is 7.60 Å². The summed E-state index contributed by atoms with van der Waals surface area (Å²) in [6.07, 6.45) is 3.70. The van der Waals surface area contributed by atoms with Gasteiger partial charge in [0.1, 0.15) is 0 Å². The van der Waals surface area contributed by atoms with Crippen molar-refractivity contribution in [3.05, 3.63) is 35.9 Å². The quantitative estimate of drug-likeness (QED) is 0.764. The molecule has 1 aromatic rings. The predicted octanol–water partition coefficient (Wildman–Crippen LogP) is 4.17. The van der Waals surface area contributed by atoms with Crippen molar-refractivity contribution < 1.29 is 18.7 Å². The van der Waals surface area contributed by atoms with Crippen LogP contribution in [0.2, 0.25) is 0 Å². The van der Waals surface area contributed by atoms with E-state index in [2.05, 4.69) is 0 Å². The van der Waals surface area contributed by atoms with Crippen LogP contribution in [0.5, 0.6) is 0 Å². The van der Waals surface area contributed by atoms with E-state index in [-0.39, 0.29) is 0 Å². The van der Waals surface area contributed by atoms with Gasteiger partial charge in [-0.15, -0.1) is 0 Å². The first kappa shape index (κ1) is 17.7. The molecule has 22 heavy (non-hydrogen) atoms. The molecule has 1 aromatic carbocycles. The van der Waals surface area contributed by atoms with E-state index in [9.17, 15) is 9.67 Å². The standard InChI is InChI=1S/C17H27O4P/c1-3-20-22(19,21-4-2)16-12-8-9-13-17(16,18)14-15-10-6-5-7-11-15/h5-7,10-11,16,18H,3-4,8-9,12-14H2,1-2H3/t16-,17-/m0/s1. The molecule has 0 amide bonds. The third-order valence-electron chi connectivity index (χ3n) is 4.31. The van der Waals surface area contributed by atoms with E-state index in [1.165, 1.54) is 0 Å². The molecule has 1 fully saturated rings. The SMILES string of the molecule is CCOP(=O)(OCC)[C@H]1CCCC[C@]1(O)Cc1ccccc1. The summed E-state index contributed by atoms with van der Waals surface area (Å²) in [5, 5.41) is 11.2. The van der Waals surface area contributed by atoms with Crippen LogP contribution in [0.15, 0.2) is 30.3 Å². The molecule has 0 bridgehead atoms. The molecular weight excluding hydrogens is 299 g/mol. The number of aliphatic hydroxyl groups is 1. The molecular formula is C17H27O4P. The summed E-state index contributed by atoms with van der Waals surface area (Å²) in [4.78, 5) is 0. The van der Waals surface area contributed by atoms with Gasteiger partial charge >= 0.3 is 7.60 Å². The van der Waals surface area contributed by atoms with Gasteiger partial charge in [0.05, 0.1) is 24.5 Å². The predicted molar refractivity (Wildman–Crippen MR) is 88.2 cm³/mol. The second-order valence-corrected chi connectivity index (χ2v) is 8.12. The molecule has 0 saturated heterocycles. The molecule has 4 nitrogen and oxygen atoms in total. The van der Waals surface area contributed by atoms with Gasteiger partial charge in [0.25, 0.3) is 0 Å². The van der Waals surface area contributed by atoms with Gasteiger partial charge in [0.2, 0.25) is 0 Å². The topological polar surface area (TPSA) is 55.8 Å². The van der Waals surface area contributed by atoms with Gasteiger partial charge in [0, 0.05) is 6.42 Å². The highest BCUT2D eigenvalue weighted by atomic mass is 31.2. The van der Waals surface area contributed by atoms with E-state index in [0.29, 0.717) is 32.5 Å². The summed E-state index contributed by atoms with van der Waals surface area (Å²) < 4.78 is 24.2. The first-order valence-electron chi connectivity index (χ1n) is 8.19. The maximum absolute atomic E-state index is 13.2. The second kappa shape index (κ2) is 7.74. The van der Waals surface area contributed by atoms with E-state index >= 15 is 0 Å². The molecule has 124 valence electrons. The third-order valence-corrected chi connectivity index (χ3v) is 7.05. The van der Waals surface area contributed by atoms with Crippen molar-refractivity contribution in [1.82, 2.24) is 0 Å². The Morgan fingerprint density at radius 2 is 1.82 bits per heavy atom. The Morgan fingerprint density at radius 3 is 2.41 bits per heavy atom. The summed E-state index contributed by atoms with van der Waals surface area (Å²) in [6, 6.07) is 9.87. The molecule has 0 heterocycles. The highest BCUT2D eigenvalue weighted by Crippen LogP contribution is 2.60. The normalized spacial score (nSPS) is 26.0. The minimum Gasteiger partial charge on any atom is -0.389 e. The van der Waals surface area contributed by atoms with Crippen LogP contribution in [0.3, 0.4) is 0 Å². The lowest BCUT2D eigenvalue weighted by Gasteiger charge is -2.42. The Labute approximate surface area is 133 Å². The molecule has 0 aliphatic heterocycles. The molecule has 0 unspecified atom stereocenters. The fraction of sp³-hybridized carbons (Fsp3) is 0.647. The Kier molecular flexibility index (Phi) is 6.22. The number of benzene rings is 1. The molecule has 1 N–H and O–H groups in total. The van der Waals surface area contributed by atoms with Crippen molar-refractivity contribution in [2.24, 2.45) is 0 Å². The third kappa shape index (κ3) is 3.99. The van der Waals surface area contributed by atoms with Crippen molar-refractivity contribution in [3.8, 4) is 0 Å². The second-order valence-electron chi connectivity index (χ2n) is 5.90. The molecule has 2 rings (SSSR count). The molecule has 1 saturated carbocycles. The zero-order chi connectivity index (χ0) is 16.1. The largest absolute Gasteiger partial charge is 0.389 e. The Bertz CT molecular complexity index is 495. The van der Waals surface area contributed by atoms with Gasteiger partial charge < -0.3 is 14.2 Å². The molecule has 0 aromatic heterocycles. The summed E-state index contributed by atoms with van der Waals surface area (Å²) in [7, 11) is -3.30. The van der Waals surface area contributed by atoms with Gasteiger partial charge in [-0.05, 0) is 32.3 Å². The van der Waals surface area contributed by atoms with Crippen LogP contribution in [-0.2, 0) is 20.0 Å². The van der Waals surface area contributed by atoms with Crippen LogP contribution in [-0.4, -0.2) is 29.6 Å². The molecule has 5 heteroatoms. The Morgan fingerprint density at radius 1 is 1.18 bits per heavy atom. The van der Waals surface area contributed by atoms with E-state index in [0.717, 1.165) is 18.4 Å². The molecule has 2 atom stereocenters. The first-order valence-corrected chi connectivity index (χ1v) is 9.80. The molecule has 1 aliphatic carbocycles. The van der Waals surface area contributed by atoms with Gasteiger partial charge in [-0.2, -0.15) is 0 Å². The lowest BCUT2D eigenvalue weighted by atomic mass is 9.80. The maximum atomic E-state index is 13.2. The minimum atomic E-state index is -3.30. The van der Waals surface area contributed by atoms with Crippen molar-refractivity contribution in [1.29, 1.82) is 0 Å². The average molecular weight is 326 g/mol. The Balaban J connectivity index is 2.27. The monoisotopic (exact) mass is 326 g/mol. The van der Waals surface area contributed by atoms with E-state index in [1.807, 2.05) is 44.2 Å². The summed E-state index contributed by atoms with van der Waals surface area (Å²) in [5.41, 5.74) is -0.426. The van der Waals surface area contributed by atoms with Crippen molar-refractivity contribution in [2.75, 3.05) is 13.2 Å². The fourth-order valence-corrected chi connectivity index (χ4v) is 5.85. The van der Waals surface area contributed by atoms with Gasteiger partial charge in [-0.25, -0.2) is 0 Å². The van der Waals surface area contributed by atoms with E-state index in [1.54, 1.807) is 0 Å². The lowest BCUT2D eigenvalue weighted by molar-refractivity contribution is -0.00209. The minimum absolute atomic E-state index is 0.329. The molecule has 0 spiro atoms. The van der Waals surface area contributed by atoms with Crippen LogP contribution in [0.1, 0.15) is 45.1 Å². The van der Waals surface area contributed by atoms with Crippen molar-refractivity contribution in [2.45, 2.75) is 57.2 Å². The molecule has 1 aliphatic rings. The van der Waals surface area contributed by atoms with E-state index in [4.69, 9.17) is 9.05 Å². The fourth-order valence-electron chi connectivity index (χ4n) is 3.39. The summed E-state index contributed by atoms with van der Waals surface area (Å²) in [6.45, 7) is 4.28. The maximum Gasteiger partial charge on any atom is 0.336 e. The van der Waals surface area contributed by atoms with Gasteiger partial charge in [-0.1, -0.05) is 43.2 Å². The van der Waals surface area contributed by atoms with Crippen LogP contribution in [0.25, 0.3) is 0 Å². The highest BCUT2D eigenvalue weighted by molar-refractivity contribution is 7.54. The number of rotatable bonds is 7. The molecule has 0 radical (unpaired) electrons.